The van der Waals surface area contributed by atoms with Crippen molar-refractivity contribution in [3.63, 3.8) is 0 Å². The number of hydrogen-bond donors (Lipinski definition) is 2. The lowest BCUT2D eigenvalue weighted by molar-refractivity contribution is -0.124. The summed E-state index contributed by atoms with van der Waals surface area (Å²) in [6.45, 7) is 8.43. The van der Waals surface area contributed by atoms with Gasteiger partial charge in [-0.1, -0.05) is 6.92 Å². The molecular weight excluding hydrogens is 454 g/mol. The molecule has 188 valence electrons. The Kier molecular flexibility index (Phi) is 6.13. The van der Waals surface area contributed by atoms with Crippen molar-refractivity contribution < 1.29 is 18.3 Å². The minimum atomic E-state index is -2.74. The van der Waals surface area contributed by atoms with Gasteiger partial charge in [0, 0.05) is 43.0 Å². The van der Waals surface area contributed by atoms with Crippen LogP contribution in [0.15, 0.2) is 12.1 Å². The molecule has 0 bridgehead atoms. The maximum atomic E-state index is 14.4. The van der Waals surface area contributed by atoms with E-state index < -0.39 is 11.8 Å². The average Bonchev–Trinajstić information content (AvgIpc) is 3.44. The second kappa shape index (κ2) is 8.98. The highest BCUT2D eigenvalue weighted by molar-refractivity contribution is 5.99. The lowest BCUT2D eigenvalue weighted by atomic mass is 9.81. The number of nitrogens with zero attached hydrogens (tertiary/aromatic N) is 4. The van der Waals surface area contributed by atoms with Gasteiger partial charge in [-0.25, -0.2) is 13.8 Å². The van der Waals surface area contributed by atoms with Crippen LogP contribution in [0.5, 0.6) is 0 Å². The van der Waals surface area contributed by atoms with Gasteiger partial charge < -0.3 is 14.6 Å². The fraction of sp³-hybridized carbons (Fsp3) is 0.560. The van der Waals surface area contributed by atoms with Gasteiger partial charge in [-0.15, -0.1) is 0 Å². The largest absolute Gasteiger partial charge is 0.379 e. The number of imidazole rings is 1. The van der Waals surface area contributed by atoms with E-state index in [2.05, 4.69) is 20.1 Å². The van der Waals surface area contributed by atoms with Crippen molar-refractivity contribution in [2.45, 2.75) is 52.0 Å². The molecule has 1 unspecified atom stereocenters. The average molecular weight is 487 g/mol. The highest BCUT2D eigenvalue weighted by atomic mass is 19.3. The van der Waals surface area contributed by atoms with Gasteiger partial charge in [0.1, 0.15) is 5.69 Å². The summed E-state index contributed by atoms with van der Waals surface area (Å²) in [7, 11) is 1.79. The number of alkyl halides is 2. The highest BCUT2D eigenvalue weighted by Crippen LogP contribution is 2.41. The van der Waals surface area contributed by atoms with Gasteiger partial charge in [-0.3, -0.25) is 14.8 Å². The lowest BCUT2D eigenvalue weighted by Gasteiger charge is -2.33. The van der Waals surface area contributed by atoms with Gasteiger partial charge in [0.25, 0.3) is 5.92 Å². The zero-order valence-corrected chi connectivity index (χ0v) is 20.6. The van der Waals surface area contributed by atoms with E-state index in [-0.39, 0.29) is 24.8 Å². The molecule has 3 heterocycles. The van der Waals surface area contributed by atoms with Gasteiger partial charge in [0.15, 0.2) is 5.82 Å². The van der Waals surface area contributed by atoms with E-state index in [1.165, 1.54) is 0 Å². The molecule has 0 saturated carbocycles. The van der Waals surface area contributed by atoms with Crippen molar-refractivity contribution in [3.05, 3.63) is 29.0 Å². The molecule has 2 N–H and O–H groups in total. The van der Waals surface area contributed by atoms with E-state index in [9.17, 15) is 13.6 Å². The third-order valence-corrected chi connectivity index (χ3v) is 7.57. The lowest BCUT2D eigenvalue weighted by Crippen LogP contribution is -2.50. The van der Waals surface area contributed by atoms with Crippen LogP contribution in [0.3, 0.4) is 0 Å². The number of anilines is 1. The summed E-state index contributed by atoms with van der Waals surface area (Å²) < 4.78 is 34.2. The molecule has 1 aliphatic heterocycles. The third kappa shape index (κ3) is 4.23. The summed E-state index contributed by atoms with van der Waals surface area (Å²) >= 11 is 0. The summed E-state index contributed by atoms with van der Waals surface area (Å²) in [5.41, 5.74) is 5.12. The Morgan fingerprint density at radius 2 is 2.09 bits per heavy atom. The number of H-pyrrole nitrogens is 2. The number of fused-ring (bicyclic) bond motifs is 2. The second-order valence-corrected chi connectivity index (χ2v) is 9.74. The molecule has 35 heavy (non-hydrogen) atoms. The van der Waals surface area contributed by atoms with Crippen LogP contribution in [0.4, 0.5) is 14.5 Å². The number of ether oxygens (including phenoxy) is 1. The van der Waals surface area contributed by atoms with Crippen molar-refractivity contribution in [1.29, 1.82) is 0 Å². The summed E-state index contributed by atoms with van der Waals surface area (Å²) in [5, 5.41) is 7.16. The fourth-order valence-corrected chi connectivity index (χ4v) is 5.33. The number of hydrogen-bond acceptors (Lipinski definition) is 5. The number of likely N-dealkylation sites (N-methyl/N-ethyl adjacent to an activating group) is 1. The monoisotopic (exact) mass is 486 g/mol. The molecule has 8 nitrogen and oxygen atoms in total. The first-order chi connectivity index (χ1) is 16.7. The number of amides is 1. The van der Waals surface area contributed by atoms with Crippen LogP contribution < -0.4 is 4.90 Å². The Morgan fingerprint density at radius 3 is 2.80 bits per heavy atom. The summed E-state index contributed by atoms with van der Waals surface area (Å²) in [6, 6.07) is 3.61. The SMILES string of the molecule is CCC1Cc2c(-c3nc4cc(N(C)C(=O)[C@H](C)N5CCOCC5)c(C)cc4[nH]3)n[nH]c2CC1(F)F. The van der Waals surface area contributed by atoms with Crippen LogP contribution in [0.25, 0.3) is 22.6 Å². The number of carbonyl (C=O) groups is 1. The summed E-state index contributed by atoms with van der Waals surface area (Å²) in [6.07, 6.45) is 0.344. The third-order valence-electron chi connectivity index (χ3n) is 7.57. The maximum Gasteiger partial charge on any atom is 0.256 e. The molecule has 10 heteroatoms. The van der Waals surface area contributed by atoms with Crippen molar-refractivity contribution in [2.24, 2.45) is 5.92 Å². The number of rotatable bonds is 5. The maximum absolute atomic E-state index is 14.4. The molecule has 2 aromatic heterocycles. The first kappa shape index (κ1) is 23.9. The Labute approximate surface area is 203 Å². The smallest absolute Gasteiger partial charge is 0.256 e. The molecular formula is C25H32F2N6O2. The van der Waals surface area contributed by atoms with E-state index in [0.717, 1.165) is 35.4 Å². The van der Waals surface area contributed by atoms with Gasteiger partial charge in [-0.05, 0) is 44.4 Å². The number of aromatic amines is 2. The normalized spacial score (nSPS) is 21.1. The predicted octanol–water partition coefficient (Wildman–Crippen LogP) is 3.71. The molecule has 2 atom stereocenters. The van der Waals surface area contributed by atoms with Gasteiger partial charge in [-0.2, -0.15) is 5.10 Å². The number of aromatic nitrogens is 4. The van der Waals surface area contributed by atoms with Gasteiger partial charge in [0.05, 0.1) is 36.7 Å². The Bertz CT molecular complexity index is 1250. The van der Waals surface area contributed by atoms with Crippen LogP contribution in [0.2, 0.25) is 0 Å². The highest BCUT2D eigenvalue weighted by Gasteiger charge is 2.44. The first-order valence-electron chi connectivity index (χ1n) is 12.2. The van der Waals surface area contributed by atoms with Crippen molar-refractivity contribution in [3.8, 4) is 11.5 Å². The quantitative estimate of drug-likeness (QED) is 0.574. The number of benzene rings is 1. The first-order valence-corrected chi connectivity index (χ1v) is 12.2. The number of aryl methyl sites for hydroxylation is 1. The predicted molar refractivity (Wildman–Crippen MR) is 130 cm³/mol. The summed E-state index contributed by atoms with van der Waals surface area (Å²) in [5.74, 6) is -2.89. The second-order valence-electron chi connectivity index (χ2n) is 9.74. The van der Waals surface area contributed by atoms with Crippen LogP contribution in [-0.4, -0.2) is 76.3 Å². The number of carbonyl (C=O) groups excluding carboxylic acids is 1. The van der Waals surface area contributed by atoms with Crippen molar-refractivity contribution in [2.75, 3.05) is 38.3 Å². The molecule has 0 radical (unpaired) electrons. The number of halogens is 2. The Balaban J connectivity index is 1.44. The van der Waals surface area contributed by atoms with E-state index >= 15 is 0 Å². The van der Waals surface area contributed by atoms with Crippen LogP contribution >= 0.6 is 0 Å². The van der Waals surface area contributed by atoms with Gasteiger partial charge in [0.2, 0.25) is 5.91 Å². The molecule has 5 rings (SSSR count). The Morgan fingerprint density at radius 1 is 1.34 bits per heavy atom. The van der Waals surface area contributed by atoms with E-state index in [4.69, 9.17) is 9.72 Å². The molecule has 0 spiro atoms. The van der Waals surface area contributed by atoms with E-state index in [0.29, 0.717) is 42.4 Å². The van der Waals surface area contributed by atoms with Crippen molar-refractivity contribution >= 4 is 22.6 Å². The minimum absolute atomic E-state index is 0.0121. The van der Waals surface area contributed by atoms with E-state index in [1.54, 1.807) is 18.9 Å². The molecule has 2 aliphatic rings. The van der Waals surface area contributed by atoms with Crippen LogP contribution in [-0.2, 0) is 22.4 Å². The summed E-state index contributed by atoms with van der Waals surface area (Å²) in [4.78, 5) is 25.1. The number of morpholine rings is 1. The van der Waals surface area contributed by atoms with Crippen molar-refractivity contribution in [1.82, 2.24) is 25.1 Å². The topological polar surface area (TPSA) is 90.1 Å². The Hall–Kier alpha value is -2.85. The zero-order chi connectivity index (χ0) is 24.9. The molecule has 1 saturated heterocycles. The van der Waals surface area contributed by atoms with Crippen LogP contribution in [0, 0.1) is 12.8 Å². The standard InChI is InChI=1S/C25H32F2N6O2/c1-5-16-11-17-20(13-25(16,26)27)30-31-22(17)23-28-18-10-14(2)21(12-19(18)29-23)32(4)24(34)15(3)33-6-8-35-9-7-33/h10,12,15-16H,5-9,11,13H2,1-4H3,(H,28,29)(H,30,31)/t15-,16?/m0/s1. The fourth-order valence-electron chi connectivity index (χ4n) is 5.33. The zero-order valence-electron chi connectivity index (χ0n) is 20.6. The molecule has 3 aromatic rings. The molecule has 1 aromatic carbocycles. The molecule has 1 fully saturated rings. The van der Waals surface area contributed by atoms with E-state index in [1.807, 2.05) is 26.0 Å². The minimum Gasteiger partial charge on any atom is -0.379 e. The van der Waals surface area contributed by atoms with Crippen LogP contribution in [0.1, 0.15) is 37.1 Å². The molecule has 1 aliphatic carbocycles. The van der Waals surface area contributed by atoms with Gasteiger partial charge >= 0.3 is 0 Å². The molecule has 1 amide bonds. The number of nitrogens with one attached hydrogen (secondary N) is 2.